The fourth-order valence-electron chi connectivity index (χ4n) is 5.82. The SMILES string of the molecule is CO[C@H]1COCC[C@H]1NC1CCN(C(=O)c2cc(NC[C@H]3CCC[C@@H](c4ccc(OC(F)(F)F)cc4)O3)ncn2)CC1. The summed E-state index contributed by atoms with van der Waals surface area (Å²) in [6, 6.07) is 8.05. The van der Waals surface area contributed by atoms with Crippen molar-refractivity contribution in [1.29, 1.82) is 0 Å². The molecule has 0 unspecified atom stereocenters. The number of piperidine rings is 1. The molecule has 1 aromatic carbocycles. The lowest BCUT2D eigenvalue weighted by Gasteiger charge is -2.38. The van der Waals surface area contributed by atoms with E-state index in [2.05, 4.69) is 25.3 Å². The quantitative estimate of drug-likeness (QED) is 0.445. The molecule has 3 aliphatic heterocycles. The molecule has 2 N–H and O–H groups in total. The van der Waals surface area contributed by atoms with Crippen LogP contribution < -0.4 is 15.4 Å². The number of nitrogens with one attached hydrogen (secondary N) is 2. The van der Waals surface area contributed by atoms with Gasteiger partial charge in [0.25, 0.3) is 5.91 Å². The van der Waals surface area contributed by atoms with Crippen LogP contribution in [0.4, 0.5) is 19.0 Å². The normalized spacial score (nSPS) is 25.7. The van der Waals surface area contributed by atoms with Crippen molar-refractivity contribution in [2.75, 3.05) is 45.3 Å². The number of anilines is 1. The van der Waals surface area contributed by atoms with Crippen molar-refractivity contribution >= 4 is 11.7 Å². The Balaban J connectivity index is 1.09. The summed E-state index contributed by atoms with van der Waals surface area (Å²) in [7, 11) is 1.71. The third-order valence-corrected chi connectivity index (χ3v) is 8.07. The van der Waals surface area contributed by atoms with E-state index in [1.165, 1.54) is 18.5 Å². The second kappa shape index (κ2) is 14.0. The van der Waals surface area contributed by atoms with E-state index in [9.17, 15) is 18.0 Å². The number of ether oxygens (including phenoxy) is 4. The molecule has 3 saturated heterocycles. The van der Waals surface area contributed by atoms with Crippen molar-refractivity contribution in [2.24, 2.45) is 0 Å². The predicted octanol–water partition coefficient (Wildman–Crippen LogP) is 4.10. The first-order valence-electron chi connectivity index (χ1n) is 14.5. The minimum Gasteiger partial charge on any atom is -0.406 e. The monoisotopic (exact) mass is 593 g/mol. The number of rotatable bonds is 9. The molecular formula is C29H38F3N5O5. The van der Waals surface area contributed by atoms with Gasteiger partial charge in [-0.1, -0.05) is 12.1 Å². The van der Waals surface area contributed by atoms with Crippen LogP contribution in [0.5, 0.6) is 5.75 Å². The zero-order valence-electron chi connectivity index (χ0n) is 23.6. The maximum Gasteiger partial charge on any atom is 0.573 e. The topological polar surface area (TPSA) is 107 Å². The van der Waals surface area contributed by atoms with E-state index in [1.807, 2.05) is 4.90 Å². The van der Waals surface area contributed by atoms with Crippen molar-refractivity contribution in [3.05, 3.63) is 47.9 Å². The van der Waals surface area contributed by atoms with Gasteiger partial charge >= 0.3 is 6.36 Å². The standard InChI is InChI=1S/C29H38F3N5O5/c1-39-26-17-40-14-11-23(26)36-20-9-12-37(13-10-20)28(38)24-15-27(35-18-34-24)33-16-22-3-2-4-25(41-22)19-5-7-21(8-6-19)42-29(30,31)32/h5-8,15,18,20,22-23,25-26,36H,2-4,9-14,16-17H2,1H3,(H,33,34,35)/t22-,23-,25+,26+/m1/s1. The van der Waals surface area contributed by atoms with Crippen LogP contribution in [0, 0.1) is 0 Å². The minimum atomic E-state index is -4.72. The van der Waals surface area contributed by atoms with Crippen LogP contribution in [0.25, 0.3) is 0 Å². The average molecular weight is 594 g/mol. The van der Waals surface area contributed by atoms with Crippen LogP contribution in [0.15, 0.2) is 36.7 Å². The fourth-order valence-corrected chi connectivity index (χ4v) is 5.82. The smallest absolute Gasteiger partial charge is 0.406 e. The molecule has 13 heteroatoms. The van der Waals surface area contributed by atoms with Crippen LogP contribution in [0.1, 0.15) is 60.7 Å². The summed E-state index contributed by atoms with van der Waals surface area (Å²) in [6.45, 7) is 3.09. The Labute approximate surface area is 243 Å². The first kappa shape index (κ1) is 30.5. The molecule has 0 saturated carbocycles. The molecule has 1 amide bonds. The molecule has 2 aromatic rings. The number of alkyl halides is 3. The number of amides is 1. The lowest BCUT2D eigenvalue weighted by Crippen LogP contribution is -2.54. The summed E-state index contributed by atoms with van der Waals surface area (Å²) in [5, 5.41) is 6.96. The predicted molar refractivity (Wildman–Crippen MR) is 147 cm³/mol. The second-order valence-electron chi connectivity index (χ2n) is 10.9. The molecule has 0 radical (unpaired) electrons. The van der Waals surface area contributed by atoms with Crippen LogP contribution in [-0.2, 0) is 14.2 Å². The zero-order chi connectivity index (χ0) is 29.5. The molecule has 1 aromatic heterocycles. The summed E-state index contributed by atoms with van der Waals surface area (Å²) in [5.41, 5.74) is 1.14. The zero-order valence-corrected chi connectivity index (χ0v) is 23.6. The molecule has 10 nitrogen and oxygen atoms in total. The average Bonchev–Trinajstić information content (AvgIpc) is 3.00. The highest BCUT2D eigenvalue weighted by atomic mass is 19.4. The molecule has 3 fully saturated rings. The van der Waals surface area contributed by atoms with E-state index < -0.39 is 6.36 Å². The van der Waals surface area contributed by atoms with Crippen molar-refractivity contribution in [1.82, 2.24) is 20.2 Å². The van der Waals surface area contributed by atoms with E-state index in [0.717, 1.165) is 50.7 Å². The molecule has 0 bridgehead atoms. The highest BCUT2D eigenvalue weighted by Crippen LogP contribution is 2.33. The van der Waals surface area contributed by atoms with Gasteiger partial charge in [0.2, 0.25) is 0 Å². The van der Waals surface area contributed by atoms with E-state index in [1.54, 1.807) is 25.3 Å². The van der Waals surface area contributed by atoms with Gasteiger partial charge in [0.1, 0.15) is 23.6 Å². The van der Waals surface area contributed by atoms with Crippen LogP contribution in [-0.4, -0.2) is 91.4 Å². The second-order valence-corrected chi connectivity index (χ2v) is 10.9. The van der Waals surface area contributed by atoms with E-state index in [4.69, 9.17) is 14.2 Å². The Morgan fingerprint density at radius 2 is 1.88 bits per heavy atom. The van der Waals surface area contributed by atoms with Crippen molar-refractivity contribution in [3.8, 4) is 5.75 Å². The highest BCUT2D eigenvalue weighted by Gasteiger charge is 2.32. The Kier molecular flexibility index (Phi) is 10.1. The Morgan fingerprint density at radius 1 is 1.10 bits per heavy atom. The van der Waals surface area contributed by atoms with Gasteiger partial charge in [0.15, 0.2) is 0 Å². The summed E-state index contributed by atoms with van der Waals surface area (Å²) in [5.74, 6) is 0.159. The first-order valence-corrected chi connectivity index (χ1v) is 14.5. The number of halogens is 3. The Bertz CT molecular complexity index is 1160. The number of hydrogen-bond donors (Lipinski definition) is 2. The van der Waals surface area contributed by atoms with Crippen molar-refractivity contribution in [3.63, 3.8) is 0 Å². The van der Waals surface area contributed by atoms with Crippen LogP contribution in [0.2, 0.25) is 0 Å². The van der Waals surface area contributed by atoms with Gasteiger partial charge in [-0.3, -0.25) is 4.79 Å². The fraction of sp³-hybridized carbons (Fsp3) is 0.621. The van der Waals surface area contributed by atoms with Gasteiger partial charge in [0, 0.05) is 51.5 Å². The summed E-state index contributed by atoms with van der Waals surface area (Å²) < 4.78 is 58.6. The third-order valence-electron chi connectivity index (χ3n) is 8.07. The molecule has 3 aliphatic rings. The molecule has 4 heterocycles. The van der Waals surface area contributed by atoms with Gasteiger partial charge in [-0.15, -0.1) is 13.2 Å². The maximum absolute atomic E-state index is 13.2. The van der Waals surface area contributed by atoms with Crippen molar-refractivity contribution in [2.45, 2.75) is 75.3 Å². The lowest BCUT2D eigenvalue weighted by atomic mass is 9.98. The third kappa shape index (κ3) is 8.30. The molecule has 0 aliphatic carbocycles. The van der Waals surface area contributed by atoms with E-state index in [-0.39, 0.29) is 36.0 Å². The molecule has 4 atom stereocenters. The molecule has 230 valence electrons. The Morgan fingerprint density at radius 3 is 2.62 bits per heavy atom. The molecular weight excluding hydrogens is 555 g/mol. The summed E-state index contributed by atoms with van der Waals surface area (Å²) >= 11 is 0. The summed E-state index contributed by atoms with van der Waals surface area (Å²) in [4.78, 5) is 23.5. The van der Waals surface area contributed by atoms with Gasteiger partial charge < -0.3 is 34.5 Å². The molecule has 42 heavy (non-hydrogen) atoms. The largest absolute Gasteiger partial charge is 0.573 e. The number of methoxy groups -OCH3 is 1. The van der Waals surface area contributed by atoms with E-state index >= 15 is 0 Å². The number of carbonyl (C=O) groups excluding carboxylic acids is 1. The number of aromatic nitrogens is 2. The number of likely N-dealkylation sites (tertiary alicyclic amines) is 1. The summed E-state index contributed by atoms with van der Waals surface area (Å²) in [6.07, 6.45) is 1.50. The molecule has 0 spiro atoms. The van der Waals surface area contributed by atoms with E-state index in [0.29, 0.717) is 43.8 Å². The first-order chi connectivity index (χ1) is 20.3. The van der Waals surface area contributed by atoms with Gasteiger partial charge in [-0.05, 0) is 56.2 Å². The number of hydrogen-bond acceptors (Lipinski definition) is 9. The van der Waals surface area contributed by atoms with Crippen LogP contribution >= 0.6 is 0 Å². The lowest BCUT2D eigenvalue weighted by molar-refractivity contribution is -0.274. The van der Waals surface area contributed by atoms with Crippen molar-refractivity contribution < 1.29 is 36.9 Å². The minimum absolute atomic E-state index is 0.0449. The number of benzene rings is 1. The van der Waals surface area contributed by atoms with Crippen LogP contribution in [0.3, 0.4) is 0 Å². The highest BCUT2D eigenvalue weighted by molar-refractivity contribution is 5.93. The van der Waals surface area contributed by atoms with Gasteiger partial charge in [-0.25, -0.2) is 9.97 Å². The Hall–Kier alpha value is -3.00. The van der Waals surface area contributed by atoms with Gasteiger partial charge in [-0.2, -0.15) is 0 Å². The van der Waals surface area contributed by atoms with Gasteiger partial charge in [0.05, 0.1) is 24.9 Å². The number of carbonyl (C=O) groups is 1. The molecule has 5 rings (SSSR count). The maximum atomic E-state index is 13.2. The number of nitrogens with zero attached hydrogens (tertiary/aromatic N) is 3.